The highest BCUT2D eigenvalue weighted by Crippen LogP contribution is 2.33. The zero-order valence-electron chi connectivity index (χ0n) is 19.5. The van der Waals surface area contributed by atoms with Crippen LogP contribution < -0.4 is 15.1 Å². The molecule has 1 aromatic carbocycles. The molecule has 10 heteroatoms. The predicted molar refractivity (Wildman–Crippen MR) is 141 cm³/mol. The molecule has 33 heavy (non-hydrogen) atoms. The molecule has 4 rings (SSSR count). The monoisotopic (exact) mass is 534 g/mol. The van der Waals surface area contributed by atoms with Gasteiger partial charge in [-0.2, -0.15) is 5.10 Å². The van der Waals surface area contributed by atoms with Crippen molar-refractivity contribution in [3.63, 3.8) is 0 Å². The van der Waals surface area contributed by atoms with Crippen LogP contribution in [0.5, 0.6) is 0 Å². The number of benzene rings is 1. The summed E-state index contributed by atoms with van der Waals surface area (Å²) in [5, 5.41) is 12.5. The minimum Gasteiger partial charge on any atom is -0.385 e. The van der Waals surface area contributed by atoms with Crippen molar-refractivity contribution >= 4 is 55.8 Å². The summed E-state index contributed by atoms with van der Waals surface area (Å²) in [6, 6.07) is 4.13. The van der Waals surface area contributed by atoms with Crippen molar-refractivity contribution in [3.8, 4) is 0 Å². The molecule has 3 aromatic rings. The molecule has 1 fully saturated rings. The highest BCUT2D eigenvalue weighted by molar-refractivity contribution is 9.10. The first-order chi connectivity index (χ1) is 16.0. The Hall–Kier alpha value is -2.10. The third-order valence-corrected chi connectivity index (χ3v) is 7.20. The molecule has 2 N–H and O–H groups in total. The Morgan fingerprint density at radius 2 is 1.85 bits per heavy atom. The molecule has 0 saturated carbocycles. The van der Waals surface area contributed by atoms with Gasteiger partial charge in [0.2, 0.25) is 0 Å². The number of nitrogens with one attached hydrogen (secondary N) is 2. The van der Waals surface area contributed by atoms with Crippen molar-refractivity contribution in [2.24, 2.45) is 0 Å². The molecule has 1 aliphatic rings. The molecule has 0 spiro atoms. The van der Waals surface area contributed by atoms with Gasteiger partial charge in [-0.15, -0.1) is 0 Å². The van der Waals surface area contributed by atoms with Crippen LogP contribution in [0.2, 0.25) is 5.02 Å². The van der Waals surface area contributed by atoms with Gasteiger partial charge in [-0.25, -0.2) is 9.97 Å². The number of fused-ring (bicyclic) bond motifs is 1. The van der Waals surface area contributed by atoms with Crippen molar-refractivity contribution in [1.29, 1.82) is 0 Å². The lowest BCUT2D eigenvalue weighted by atomic mass is 10.1. The number of aromatic amines is 1. The first kappa shape index (κ1) is 24.0. The van der Waals surface area contributed by atoms with Crippen LogP contribution in [0.4, 0.5) is 17.2 Å². The molecule has 0 radical (unpaired) electrons. The van der Waals surface area contributed by atoms with E-state index in [1.54, 1.807) is 6.33 Å². The summed E-state index contributed by atoms with van der Waals surface area (Å²) < 4.78 is 0.818. The molecule has 3 heterocycles. The van der Waals surface area contributed by atoms with Gasteiger partial charge in [0.1, 0.15) is 16.7 Å². The third-order valence-electron chi connectivity index (χ3n) is 6.41. The van der Waals surface area contributed by atoms with Gasteiger partial charge < -0.3 is 20.0 Å². The second-order valence-corrected chi connectivity index (χ2v) is 9.54. The van der Waals surface area contributed by atoms with Gasteiger partial charge in [0, 0.05) is 49.1 Å². The van der Waals surface area contributed by atoms with E-state index in [1.165, 1.54) is 11.3 Å². The Kier molecular flexibility index (Phi) is 7.93. The lowest BCUT2D eigenvalue weighted by Gasteiger charge is -2.38. The fourth-order valence-electron chi connectivity index (χ4n) is 4.45. The number of halogens is 2. The maximum absolute atomic E-state index is 6.53. The van der Waals surface area contributed by atoms with Crippen LogP contribution in [0.15, 0.2) is 23.1 Å². The average molecular weight is 536 g/mol. The molecule has 0 bridgehead atoms. The topological polar surface area (TPSA) is 76.2 Å². The normalized spacial score (nSPS) is 14.5. The van der Waals surface area contributed by atoms with Gasteiger partial charge in [-0.1, -0.05) is 25.4 Å². The van der Waals surface area contributed by atoms with Gasteiger partial charge in [0.05, 0.1) is 5.39 Å². The molecule has 0 amide bonds. The summed E-state index contributed by atoms with van der Waals surface area (Å²) in [6.45, 7) is 14.4. The maximum Gasteiger partial charge on any atom is 0.187 e. The van der Waals surface area contributed by atoms with E-state index in [1.807, 2.05) is 6.07 Å². The van der Waals surface area contributed by atoms with Crippen LogP contribution in [0.3, 0.4) is 0 Å². The van der Waals surface area contributed by atoms with Gasteiger partial charge in [-0.05, 0) is 66.6 Å². The Morgan fingerprint density at radius 3 is 2.58 bits per heavy atom. The highest BCUT2D eigenvalue weighted by atomic mass is 79.9. The first-order valence-electron chi connectivity index (χ1n) is 11.6. The second-order valence-electron chi connectivity index (χ2n) is 8.31. The zero-order valence-corrected chi connectivity index (χ0v) is 21.9. The summed E-state index contributed by atoms with van der Waals surface area (Å²) in [7, 11) is 0. The second kappa shape index (κ2) is 10.9. The van der Waals surface area contributed by atoms with Crippen molar-refractivity contribution in [1.82, 2.24) is 25.1 Å². The van der Waals surface area contributed by atoms with Crippen LogP contribution in [0.1, 0.15) is 25.8 Å². The number of nitrogens with zero attached hydrogens (tertiary/aromatic N) is 6. The zero-order chi connectivity index (χ0) is 23.4. The summed E-state index contributed by atoms with van der Waals surface area (Å²) in [5.74, 6) is 0.915. The van der Waals surface area contributed by atoms with E-state index in [9.17, 15) is 0 Å². The molecule has 0 atom stereocenters. The van der Waals surface area contributed by atoms with E-state index in [0.717, 1.165) is 85.3 Å². The fourth-order valence-corrected chi connectivity index (χ4v) is 5.10. The van der Waals surface area contributed by atoms with Gasteiger partial charge >= 0.3 is 0 Å². The van der Waals surface area contributed by atoms with Gasteiger partial charge in [0.15, 0.2) is 5.65 Å². The van der Waals surface area contributed by atoms with E-state index in [0.29, 0.717) is 5.65 Å². The van der Waals surface area contributed by atoms with E-state index in [4.69, 9.17) is 11.6 Å². The minimum atomic E-state index is 0.678. The summed E-state index contributed by atoms with van der Waals surface area (Å²) in [6.07, 6.45) is 2.69. The largest absolute Gasteiger partial charge is 0.385 e. The molecule has 0 aliphatic carbocycles. The van der Waals surface area contributed by atoms with Gasteiger partial charge in [0.25, 0.3) is 0 Å². The van der Waals surface area contributed by atoms with Crippen molar-refractivity contribution in [2.75, 3.05) is 67.5 Å². The standard InChI is InChI=1S/C23H32BrClN8/c1-4-31(5-2)8-6-7-26-18-13-17(25)14-19(16(18)3)32-9-11-33(12-10-32)23-20-21(24)29-30-22(20)27-15-28-23/h13-15,26H,4-12H2,1-3H3,(H,27,28,29,30). The smallest absolute Gasteiger partial charge is 0.187 e. The van der Waals surface area contributed by atoms with Crippen LogP contribution in [0.25, 0.3) is 11.0 Å². The fraction of sp³-hybridized carbons (Fsp3) is 0.522. The van der Waals surface area contributed by atoms with E-state index < -0.39 is 0 Å². The average Bonchev–Trinajstić information content (AvgIpc) is 3.22. The van der Waals surface area contributed by atoms with Crippen LogP contribution in [-0.2, 0) is 0 Å². The van der Waals surface area contributed by atoms with Crippen LogP contribution >= 0.6 is 27.5 Å². The number of H-pyrrole nitrogens is 1. The first-order valence-corrected chi connectivity index (χ1v) is 12.8. The quantitative estimate of drug-likeness (QED) is 0.389. The number of anilines is 3. The predicted octanol–water partition coefficient (Wildman–Crippen LogP) is 4.55. The molecular formula is C23H32BrClN8. The molecular weight excluding hydrogens is 504 g/mol. The Morgan fingerprint density at radius 1 is 1.12 bits per heavy atom. The number of hydrogen-bond donors (Lipinski definition) is 2. The van der Waals surface area contributed by atoms with Gasteiger partial charge in [-0.3, -0.25) is 5.10 Å². The number of piperazine rings is 1. The lowest BCUT2D eigenvalue weighted by Crippen LogP contribution is -2.47. The molecule has 1 aliphatic heterocycles. The number of aromatic nitrogens is 4. The number of rotatable bonds is 9. The summed E-state index contributed by atoms with van der Waals surface area (Å²) in [5.41, 5.74) is 4.25. The van der Waals surface area contributed by atoms with Crippen LogP contribution in [-0.4, -0.2) is 77.4 Å². The molecule has 0 unspecified atom stereocenters. The molecule has 8 nitrogen and oxygen atoms in total. The minimum absolute atomic E-state index is 0.678. The number of hydrogen-bond acceptors (Lipinski definition) is 7. The van der Waals surface area contributed by atoms with Crippen molar-refractivity contribution < 1.29 is 0 Å². The SMILES string of the molecule is CCN(CC)CCCNc1cc(Cl)cc(N2CCN(c3ncnc4n[nH]c(Br)c34)CC2)c1C. The van der Waals surface area contributed by atoms with E-state index >= 15 is 0 Å². The lowest BCUT2D eigenvalue weighted by molar-refractivity contribution is 0.303. The maximum atomic E-state index is 6.53. The van der Waals surface area contributed by atoms with Crippen molar-refractivity contribution in [2.45, 2.75) is 27.2 Å². The van der Waals surface area contributed by atoms with Crippen molar-refractivity contribution in [3.05, 3.63) is 33.6 Å². The highest BCUT2D eigenvalue weighted by Gasteiger charge is 2.23. The third kappa shape index (κ3) is 5.36. The summed E-state index contributed by atoms with van der Waals surface area (Å²) >= 11 is 10.1. The Bertz CT molecular complexity index is 1080. The van der Waals surface area contributed by atoms with E-state index in [2.05, 4.69) is 82.9 Å². The Balaban J connectivity index is 1.42. The molecule has 2 aromatic heterocycles. The van der Waals surface area contributed by atoms with Crippen LogP contribution in [0, 0.1) is 6.92 Å². The summed E-state index contributed by atoms with van der Waals surface area (Å²) in [4.78, 5) is 16.0. The molecule has 178 valence electrons. The van der Waals surface area contributed by atoms with E-state index in [-0.39, 0.29) is 0 Å². The Labute approximate surface area is 208 Å². The molecule has 1 saturated heterocycles.